The third-order valence-electron chi connectivity index (χ3n) is 5.68. The molecule has 0 N–H and O–H groups in total. The summed E-state index contributed by atoms with van der Waals surface area (Å²) in [5, 5.41) is 2.81. The molecule has 1 aliphatic carbocycles. The number of fused-ring (bicyclic) bond motifs is 1. The summed E-state index contributed by atoms with van der Waals surface area (Å²) in [6, 6.07) is 23.7. The number of thiazole rings is 1. The maximum atomic E-state index is 13.1. The van der Waals surface area contributed by atoms with Gasteiger partial charge in [-0.15, -0.1) is 11.3 Å². The number of halogens is 1. The Bertz CT molecular complexity index is 1320. The Labute approximate surface area is 190 Å². The van der Waals surface area contributed by atoms with E-state index in [1.54, 1.807) is 11.3 Å². The smallest absolute Gasteiger partial charge is 0.190 e. The summed E-state index contributed by atoms with van der Waals surface area (Å²) in [5.74, 6) is 0.110. The van der Waals surface area contributed by atoms with E-state index in [0.29, 0.717) is 5.02 Å². The number of nitrogens with zero attached hydrogens (tertiary/aromatic N) is 2. The molecule has 0 fully saturated rings. The summed E-state index contributed by atoms with van der Waals surface area (Å²) in [6.07, 6.45) is 1.61. The summed E-state index contributed by atoms with van der Waals surface area (Å²) in [4.78, 5) is 18.9. The summed E-state index contributed by atoms with van der Waals surface area (Å²) in [5.41, 5.74) is 6.25. The number of Topliss-reactive ketones (excluding diaryl/α,β-unsaturated/α-hetero) is 1. The lowest BCUT2D eigenvalue weighted by atomic mass is 9.87. The van der Waals surface area contributed by atoms with E-state index in [9.17, 15) is 4.79 Å². The molecule has 1 aliphatic rings. The molecule has 0 bridgehead atoms. The molecule has 1 aromatic heterocycles. The van der Waals surface area contributed by atoms with Gasteiger partial charge in [0.05, 0.1) is 5.69 Å². The first-order valence-corrected chi connectivity index (χ1v) is 11.6. The fourth-order valence-corrected chi connectivity index (χ4v) is 5.09. The number of carbonyl (C=O) groups excluding carboxylic acids is 1. The van der Waals surface area contributed by atoms with Gasteiger partial charge in [0.25, 0.3) is 0 Å². The van der Waals surface area contributed by atoms with Crippen molar-refractivity contribution in [2.45, 2.75) is 25.8 Å². The van der Waals surface area contributed by atoms with Crippen molar-refractivity contribution in [2.75, 3.05) is 0 Å². The van der Waals surface area contributed by atoms with E-state index in [0.717, 1.165) is 45.7 Å². The number of carbonyl (C=O) groups is 1. The highest BCUT2D eigenvalue weighted by atomic mass is 35.5. The normalized spacial score (nSPS) is 16.4. The molecule has 5 heteroatoms. The first kappa shape index (κ1) is 20.0. The number of hydrogen-bond donors (Lipinski definition) is 0. The molecule has 0 aliphatic heterocycles. The Morgan fingerprint density at radius 3 is 2.52 bits per heavy atom. The van der Waals surface area contributed by atoms with Gasteiger partial charge >= 0.3 is 0 Å². The van der Waals surface area contributed by atoms with Crippen LogP contribution in [0.5, 0.6) is 0 Å². The van der Waals surface area contributed by atoms with Crippen molar-refractivity contribution in [1.29, 1.82) is 0 Å². The van der Waals surface area contributed by atoms with Crippen molar-refractivity contribution in [3.63, 3.8) is 0 Å². The molecule has 1 heterocycles. The largest absolute Gasteiger partial charge is 0.292 e. The summed E-state index contributed by atoms with van der Waals surface area (Å²) in [7, 11) is 0. The second-order valence-electron chi connectivity index (χ2n) is 7.79. The summed E-state index contributed by atoms with van der Waals surface area (Å²) >= 11 is 7.67. The van der Waals surface area contributed by atoms with Gasteiger partial charge in [-0.3, -0.25) is 9.36 Å². The maximum absolute atomic E-state index is 13.1. The molecule has 0 saturated heterocycles. The fraction of sp³-hybridized carbons (Fsp3) is 0.154. The lowest BCUT2D eigenvalue weighted by molar-refractivity contribution is 0.0948. The van der Waals surface area contributed by atoms with E-state index < -0.39 is 0 Å². The van der Waals surface area contributed by atoms with E-state index >= 15 is 0 Å². The van der Waals surface area contributed by atoms with Gasteiger partial charge in [0.1, 0.15) is 6.04 Å². The van der Waals surface area contributed by atoms with Crippen LogP contribution >= 0.6 is 22.9 Å². The van der Waals surface area contributed by atoms with Gasteiger partial charge in [-0.2, -0.15) is 0 Å². The SMILES string of the molecule is Cc1ccc(-n2c(-c3ccc(Cl)cc3)csc2=N[C@@H]2CCc3ccccc3C2=O)cc1. The van der Waals surface area contributed by atoms with Gasteiger partial charge in [0.2, 0.25) is 0 Å². The van der Waals surface area contributed by atoms with Gasteiger partial charge in [-0.05, 0) is 55.2 Å². The predicted molar refractivity (Wildman–Crippen MR) is 127 cm³/mol. The number of hydrogen-bond acceptors (Lipinski definition) is 3. The Hall–Kier alpha value is -2.95. The molecule has 3 nitrogen and oxygen atoms in total. The van der Waals surface area contributed by atoms with Crippen molar-refractivity contribution in [3.8, 4) is 16.9 Å². The third kappa shape index (κ3) is 3.89. The van der Waals surface area contributed by atoms with E-state index in [1.165, 1.54) is 5.56 Å². The molecular formula is C26H21ClN2OS. The molecular weight excluding hydrogens is 424 g/mol. The number of ketones is 1. The van der Waals surface area contributed by atoms with Gasteiger partial charge in [-0.1, -0.05) is 65.7 Å². The number of rotatable bonds is 3. The van der Waals surface area contributed by atoms with E-state index in [4.69, 9.17) is 16.6 Å². The first-order valence-electron chi connectivity index (χ1n) is 10.3. The van der Waals surface area contributed by atoms with Crippen LogP contribution in [-0.2, 0) is 6.42 Å². The van der Waals surface area contributed by atoms with Crippen LogP contribution in [0.15, 0.2) is 83.2 Å². The van der Waals surface area contributed by atoms with Crippen LogP contribution in [0.2, 0.25) is 5.02 Å². The first-order chi connectivity index (χ1) is 15.1. The summed E-state index contributed by atoms with van der Waals surface area (Å²) < 4.78 is 2.14. The van der Waals surface area contributed by atoms with Crippen LogP contribution in [0, 0.1) is 6.92 Å². The monoisotopic (exact) mass is 444 g/mol. The molecule has 0 unspecified atom stereocenters. The highest BCUT2D eigenvalue weighted by Gasteiger charge is 2.27. The second-order valence-corrected chi connectivity index (χ2v) is 9.06. The number of aryl methyl sites for hydroxylation is 2. The lowest BCUT2D eigenvalue weighted by Gasteiger charge is -2.20. The summed E-state index contributed by atoms with van der Waals surface area (Å²) in [6.45, 7) is 2.07. The molecule has 3 aromatic carbocycles. The Morgan fingerprint density at radius 2 is 1.74 bits per heavy atom. The van der Waals surface area contributed by atoms with Crippen molar-refractivity contribution >= 4 is 28.7 Å². The van der Waals surface area contributed by atoms with Crippen molar-refractivity contribution in [3.05, 3.63) is 105 Å². The Morgan fingerprint density at radius 1 is 1.00 bits per heavy atom. The van der Waals surface area contributed by atoms with Crippen LogP contribution in [0.3, 0.4) is 0 Å². The van der Waals surface area contributed by atoms with Crippen LogP contribution in [-0.4, -0.2) is 16.4 Å². The van der Waals surface area contributed by atoms with Crippen molar-refractivity contribution in [2.24, 2.45) is 4.99 Å². The highest BCUT2D eigenvalue weighted by molar-refractivity contribution is 7.07. The minimum absolute atomic E-state index is 0.110. The average molecular weight is 445 g/mol. The quantitative estimate of drug-likeness (QED) is 0.367. The highest BCUT2D eigenvalue weighted by Crippen LogP contribution is 2.27. The van der Waals surface area contributed by atoms with Gasteiger partial charge in [0, 0.05) is 21.7 Å². The third-order valence-corrected chi connectivity index (χ3v) is 6.77. The molecule has 154 valence electrons. The molecule has 4 aromatic rings. The maximum Gasteiger partial charge on any atom is 0.190 e. The van der Waals surface area contributed by atoms with Crippen LogP contribution in [0.25, 0.3) is 16.9 Å². The minimum Gasteiger partial charge on any atom is -0.292 e. The Kier molecular flexibility index (Phi) is 5.34. The van der Waals surface area contributed by atoms with Gasteiger partial charge < -0.3 is 0 Å². The molecule has 0 radical (unpaired) electrons. The second kappa shape index (κ2) is 8.29. The van der Waals surface area contributed by atoms with Gasteiger partial charge in [-0.25, -0.2) is 4.99 Å². The average Bonchev–Trinajstić information content (AvgIpc) is 3.20. The zero-order valence-corrected chi connectivity index (χ0v) is 18.7. The van der Waals surface area contributed by atoms with E-state index in [-0.39, 0.29) is 11.8 Å². The molecule has 1 atom stereocenters. The van der Waals surface area contributed by atoms with Crippen LogP contribution in [0.4, 0.5) is 0 Å². The van der Waals surface area contributed by atoms with Crippen LogP contribution in [0.1, 0.15) is 27.9 Å². The molecule has 31 heavy (non-hydrogen) atoms. The van der Waals surface area contributed by atoms with Gasteiger partial charge in [0.15, 0.2) is 10.6 Å². The van der Waals surface area contributed by atoms with E-state index in [1.807, 2.05) is 48.5 Å². The molecule has 0 spiro atoms. The number of benzene rings is 3. The van der Waals surface area contributed by atoms with Crippen molar-refractivity contribution < 1.29 is 4.79 Å². The molecule has 0 saturated carbocycles. The zero-order valence-electron chi connectivity index (χ0n) is 17.1. The molecule has 5 rings (SSSR count). The topological polar surface area (TPSA) is 34.4 Å². The number of aromatic nitrogens is 1. The lowest BCUT2D eigenvalue weighted by Crippen LogP contribution is -2.29. The Balaban J connectivity index is 1.65. The molecule has 0 amide bonds. The van der Waals surface area contributed by atoms with E-state index in [2.05, 4.69) is 41.1 Å². The predicted octanol–water partition coefficient (Wildman–Crippen LogP) is 6.27. The zero-order chi connectivity index (χ0) is 21.4. The minimum atomic E-state index is -0.358. The van der Waals surface area contributed by atoms with Crippen molar-refractivity contribution in [1.82, 2.24) is 4.57 Å². The van der Waals surface area contributed by atoms with Crippen LogP contribution < -0.4 is 4.80 Å². The standard InChI is InChI=1S/C26H21ClN2OS/c1-17-6-13-21(14-7-17)29-24(19-8-11-20(27)12-9-19)16-31-26(29)28-23-15-10-18-4-2-3-5-22(18)25(23)30/h2-9,11-14,16,23H,10,15H2,1H3/t23-/m1/s1. The fourth-order valence-electron chi connectivity index (χ4n) is 4.00.